The molecule has 1 aromatic heterocycles. The Hall–Kier alpha value is -2.01. The average Bonchev–Trinajstić information content (AvgIpc) is 2.75. The van der Waals surface area contributed by atoms with Crippen LogP contribution in [0.15, 0.2) is 22.6 Å². The van der Waals surface area contributed by atoms with E-state index in [-0.39, 0.29) is 5.76 Å². The zero-order chi connectivity index (χ0) is 15.7. The normalized spacial score (nSPS) is 13.9. The number of hydrogen-bond acceptors (Lipinski definition) is 3. The fraction of sp³-hybridized carbons (Fsp3) is 0.333. The highest BCUT2D eigenvalue weighted by Gasteiger charge is 2.24. The van der Waals surface area contributed by atoms with E-state index in [4.69, 9.17) is 21.1 Å². The Morgan fingerprint density at radius 2 is 2.00 bits per heavy atom. The van der Waals surface area contributed by atoms with Crippen LogP contribution in [-0.2, 0) is 4.79 Å². The zero-order valence-corrected chi connectivity index (χ0v) is 12.7. The summed E-state index contributed by atoms with van der Waals surface area (Å²) in [6.45, 7) is 4.95. The minimum atomic E-state index is -0.962. The van der Waals surface area contributed by atoms with Crippen molar-refractivity contribution in [3.05, 3.63) is 34.5 Å². The summed E-state index contributed by atoms with van der Waals surface area (Å²) >= 11 is 5.93. The number of hydrogen-bond donors (Lipinski definition) is 2. The SMILES string of the molecule is Cc1c(C(=O)NC(C)C(C)C(=O)O)oc2ccc(Cl)cc12. The standard InChI is InChI=1S/C15H16ClNO4/c1-7(15(19)20)9(3)17-14(18)13-8(2)11-6-10(16)4-5-12(11)21-13/h4-7,9H,1-3H3,(H,17,18)(H,19,20). The molecule has 0 aliphatic heterocycles. The van der Waals surface area contributed by atoms with Crippen molar-refractivity contribution in [2.75, 3.05) is 0 Å². The number of carboxylic acid groups (broad SMARTS) is 1. The second kappa shape index (κ2) is 5.77. The fourth-order valence-corrected chi connectivity index (χ4v) is 2.19. The van der Waals surface area contributed by atoms with Gasteiger partial charge in [0.05, 0.1) is 5.92 Å². The summed E-state index contributed by atoms with van der Waals surface area (Å²) in [4.78, 5) is 23.1. The molecule has 0 radical (unpaired) electrons. The minimum absolute atomic E-state index is 0.178. The first-order valence-corrected chi connectivity index (χ1v) is 6.91. The van der Waals surface area contributed by atoms with Crippen molar-refractivity contribution in [2.24, 2.45) is 5.92 Å². The molecule has 1 aromatic carbocycles. The molecule has 112 valence electrons. The van der Waals surface area contributed by atoms with E-state index in [1.165, 1.54) is 0 Å². The Bertz CT molecular complexity index is 707. The minimum Gasteiger partial charge on any atom is -0.481 e. The van der Waals surface area contributed by atoms with Gasteiger partial charge in [0, 0.05) is 22.0 Å². The van der Waals surface area contributed by atoms with Crippen molar-refractivity contribution in [2.45, 2.75) is 26.8 Å². The van der Waals surface area contributed by atoms with Crippen LogP contribution < -0.4 is 5.32 Å². The number of rotatable bonds is 4. The quantitative estimate of drug-likeness (QED) is 0.908. The number of aliphatic carboxylic acids is 1. The average molecular weight is 310 g/mol. The van der Waals surface area contributed by atoms with Crippen LogP contribution in [0.5, 0.6) is 0 Å². The van der Waals surface area contributed by atoms with E-state index in [1.54, 1.807) is 39.0 Å². The molecule has 2 unspecified atom stereocenters. The van der Waals surface area contributed by atoms with Crippen LogP contribution in [0.2, 0.25) is 5.02 Å². The lowest BCUT2D eigenvalue weighted by Gasteiger charge is -2.17. The lowest BCUT2D eigenvalue weighted by molar-refractivity contribution is -0.141. The fourth-order valence-electron chi connectivity index (χ4n) is 2.02. The topological polar surface area (TPSA) is 79.5 Å². The molecule has 0 saturated carbocycles. The molecule has 5 nitrogen and oxygen atoms in total. The molecule has 1 heterocycles. The van der Waals surface area contributed by atoms with Crippen molar-refractivity contribution in [3.8, 4) is 0 Å². The van der Waals surface area contributed by atoms with E-state index >= 15 is 0 Å². The number of carboxylic acids is 1. The van der Waals surface area contributed by atoms with E-state index in [2.05, 4.69) is 5.32 Å². The number of halogens is 1. The van der Waals surface area contributed by atoms with E-state index < -0.39 is 23.8 Å². The number of benzene rings is 1. The first kappa shape index (κ1) is 15.4. The van der Waals surface area contributed by atoms with Gasteiger partial charge in [-0.1, -0.05) is 11.6 Å². The third-order valence-corrected chi connectivity index (χ3v) is 3.84. The molecule has 1 amide bonds. The number of carbonyl (C=O) groups excluding carboxylic acids is 1. The van der Waals surface area contributed by atoms with Crippen LogP contribution in [0.1, 0.15) is 30.0 Å². The number of fused-ring (bicyclic) bond motifs is 1. The summed E-state index contributed by atoms with van der Waals surface area (Å²) in [7, 11) is 0. The lowest BCUT2D eigenvalue weighted by atomic mass is 10.0. The van der Waals surface area contributed by atoms with Gasteiger partial charge in [0.25, 0.3) is 5.91 Å². The molecule has 0 spiro atoms. The van der Waals surface area contributed by atoms with Gasteiger partial charge in [-0.05, 0) is 39.0 Å². The molecule has 6 heteroatoms. The monoisotopic (exact) mass is 309 g/mol. The smallest absolute Gasteiger partial charge is 0.308 e. The third-order valence-electron chi connectivity index (χ3n) is 3.60. The maximum absolute atomic E-state index is 12.2. The van der Waals surface area contributed by atoms with Crippen molar-refractivity contribution in [3.63, 3.8) is 0 Å². The molecule has 0 saturated heterocycles. The van der Waals surface area contributed by atoms with Crippen molar-refractivity contribution < 1.29 is 19.1 Å². The number of furan rings is 1. The Kier molecular flexibility index (Phi) is 4.23. The number of aryl methyl sites for hydroxylation is 1. The van der Waals surface area contributed by atoms with Crippen LogP contribution in [-0.4, -0.2) is 23.0 Å². The van der Waals surface area contributed by atoms with Gasteiger partial charge in [0.15, 0.2) is 5.76 Å². The lowest BCUT2D eigenvalue weighted by Crippen LogP contribution is -2.40. The van der Waals surface area contributed by atoms with Gasteiger partial charge in [-0.15, -0.1) is 0 Å². The molecule has 0 bridgehead atoms. The van der Waals surface area contributed by atoms with Crippen molar-refractivity contribution in [1.82, 2.24) is 5.32 Å². The molecule has 0 aliphatic rings. The summed E-state index contributed by atoms with van der Waals surface area (Å²) in [6, 6.07) is 4.61. The molecule has 0 aliphatic carbocycles. The molecular formula is C15H16ClNO4. The molecule has 2 rings (SSSR count). The molecule has 2 atom stereocenters. The van der Waals surface area contributed by atoms with Gasteiger partial charge in [-0.25, -0.2) is 0 Å². The summed E-state index contributed by atoms with van der Waals surface area (Å²) in [5.41, 5.74) is 1.25. The van der Waals surface area contributed by atoms with Gasteiger partial charge in [0.2, 0.25) is 0 Å². The van der Waals surface area contributed by atoms with E-state index in [1.807, 2.05) is 0 Å². The molecule has 0 fully saturated rings. The van der Waals surface area contributed by atoms with Crippen LogP contribution >= 0.6 is 11.6 Å². The van der Waals surface area contributed by atoms with E-state index in [0.717, 1.165) is 5.39 Å². The van der Waals surface area contributed by atoms with Gasteiger partial charge in [0.1, 0.15) is 5.58 Å². The van der Waals surface area contributed by atoms with Crippen LogP contribution in [0, 0.1) is 12.8 Å². The Balaban J connectivity index is 2.28. The van der Waals surface area contributed by atoms with E-state index in [0.29, 0.717) is 16.2 Å². The predicted molar refractivity (Wildman–Crippen MR) is 79.7 cm³/mol. The summed E-state index contributed by atoms with van der Waals surface area (Å²) in [5.74, 6) is -1.90. The van der Waals surface area contributed by atoms with Crippen molar-refractivity contribution in [1.29, 1.82) is 0 Å². The summed E-state index contributed by atoms with van der Waals surface area (Å²) < 4.78 is 5.54. The second-order valence-electron chi connectivity index (χ2n) is 5.09. The number of carbonyl (C=O) groups is 2. The second-order valence-corrected chi connectivity index (χ2v) is 5.52. The number of amides is 1. The highest BCUT2D eigenvalue weighted by Crippen LogP contribution is 2.27. The van der Waals surface area contributed by atoms with Crippen molar-refractivity contribution >= 4 is 34.4 Å². The van der Waals surface area contributed by atoms with Crippen LogP contribution in [0.25, 0.3) is 11.0 Å². The van der Waals surface area contributed by atoms with Crippen LogP contribution in [0.4, 0.5) is 0 Å². The molecular weight excluding hydrogens is 294 g/mol. The Morgan fingerprint density at radius 3 is 2.62 bits per heavy atom. The Morgan fingerprint density at radius 1 is 1.33 bits per heavy atom. The number of nitrogens with one attached hydrogen (secondary N) is 1. The van der Waals surface area contributed by atoms with E-state index in [9.17, 15) is 9.59 Å². The first-order chi connectivity index (χ1) is 9.81. The van der Waals surface area contributed by atoms with Crippen LogP contribution in [0.3, 0.4) is 0 Å². The zero-order valence-electron chi connectivity index (χ0n) is 11.9. The van der Waals surface area contributed by atoms with Gasteiger partial charge < -0.3 is 14.8 Å². The predicted octanol–water partition coefficient (Wildman–Crippen LogP) is 3.23. The maximum Gasteiger partial charge on any atom is 0.308 e. The summed E-state index contributed by atoms with van der Waals surface area (Å²) in [5, 5.41) is 12.9. The molecule has 2 N–H and O–H groups in total. The van der Waals surface area contributed by atoms with Gasteiger partial charge in [-0.2, -0.15) is 0 Å². The van der Waals surface area contributed by atoms with Gasteiger partial charge >= 0.3 is 5.97 Å². The highest BCUT2D eigenvalue weighted by atomic mass is 35.5. The third kappa shape index (κ3) is 3.03. The first-order valence-electron chi connectivity index (χ1n) is 6.53. The maximum atomic E-state index is 12.2. The highest BCUT2D eigenvalue weighted by molar-refractivity contribution is 6.31. The summed E-state index contributed by atoms with van der Waals surface area (Å²) in [6.07, 6.45) is 0. The molecule has 21 heavy (non-hydrogen) atoms. The largest absolute Gasteiger partial charge is 0.481 e. The Labute approximate surface area is 126 Å². The molecule has 2 aromatic rings. The van der Waals surface area contributed by atoms with Gasteiger partial charge in [-0.3, -0.25) is 9.59 Å².